The van der Waals surface area contributed by atoms with Gasteiger partial charge in [0.25, 0.3) is 0 Å². The Bertz CT molecular complexity index is 277. The Hall–Kier alpha value is -0.610. The minimum absolute atomic E-state index is 0.0104. The Morgan fingerprint density at radius 3 is 2.79 bits per heavy atom. The van der Waals surface area contributed by atoms with E-state index in [4.69, 9.17) is 10.5 Å². The first-order valence-electron chi connectivity index (χ1n) is 5.06. The number of carboxylic acid groups (broad SMARTS) is 1. The summed E-state index contributed by atoms with van der Waals surface area (Å²) in [5.41, 5.74) is 4.44. The average molecular weight is 199 g/mol. The zero-order valence-electron chi connectivity index (χ0n) is 8.62. The van der Waals surface area contributed by atoms with E-state index in [0.717, 1.165) is 19.4 Å². The molecular weight excluding hydrogens is 182 g/mol. The first-order chi connectivity index (χ1) is 6.42. The molecule has 0 spiro atoms. The molecule has 1 aliphatic carbocycles. The van der Waals surface area contributed by atoms with Crippen LogP contribution in [0.1, 0.15) is 26.7 Å². The number of hydrogen-bond acceptors (Lipinski definition) is 3. The van der Waals surface area contributed by atoms with Crippen LogP contribution in [-0.4, -0.2) is 29.3 Å². The number of rotatable bonds is 1. The molecule has 80 valence electrons. The largest absolute Gasteiger partial charge is 0.480 e. The summed E-state index contributed by atoms with van der Waals surface area (Å²) in [5, 5.41) is 9.19. The first kappa shape index (κ1) is 9.93. The van der Waals surface area contributed by atoms with Gasteiger partial charge in [-0.15, -0.1) is 0 Å². The summed E-state index contributed by atoms with van der Waals surface area (Å²) < 4.78 is 5.59. The van der Waals surface area contributed by atoms with E-state index in [1.54, 1.807) is 0 Å². The summed E-state index contributed by atoms with van der Waals surface area (Å²) >= 11 is 0. The van der Waals surface area contributed by atoms with Crippen LogP contribution in [0.2, 0.25) is 0 Å². The fraction of sp³-hybridized carbons (Fsp3) is 0.900. The lowest BCUT2D eigenvalue weighted by Gasteiger charge is -2.63. The van der Waals surface area contributed by atoms with Crippen molar-refractivity contribution < 1.29 is 14.6 Å². The minimum atomic E-state index is -1.10. The maximum absolute atomic E-state index is 11.2. The van der Waals surface area contributed by atoms with Crippen molar-refractivity contribution in [2.24, 2.45) is 17.1 Å². The summed E-state index contributed by atoms with van der Waals surface area (Å²) in [7, 11) is 0. The molecular formula is C10H17NO3. The number of aliphatic carboxylic acids is 1. The van der Waals surface area contributed by atoms with Gasteiger partial charge in [-0.05, 0) is 12.8 Å². The molecule has 4 nitrogen and oxygen atoms in total. The number of carbonyl (C=O) groups is 1. The van der Waals surface area contributed by atoms with E-state index < -0.39 is 16.9 Å². The molecule has 1 saturated carbocycles. The van der Waals surface area contributed by atoms with E-state index in [9.17, 15) is 9.90 Å². The summed E-state index contributed by atoms with van der Waals surface area (Å²) in [4.78, 5) is 11.2. The lowest BCUT2D eigenvalue weighted by Crippen LogP contribution is -2.80. The van der Waals surface area contributed by atoms with Crippen molar-refractivity contribution in [3.63, 3.8) is 0 Å². The summed E-state index contributed by atoms with van der Waals surface area (Å²) in [6.07, 6.45) is 1.82. The number of carboxylic acids is 1. The van der Waals surface area contributed by atoms with Gasteiger partial charge in [-0.3, -0.25) is 4.79 Å². The quantitative estimate of drug-likeness (QED) is 0.648. The van der Waals surface area contributed by atoms with Crippen LogP contribution in [-0.2, 0) is 9.53 Å². The van der Waals surface area contributed by atoms with E-state index in [0.29, 0.717) is 0 Å². The first-order valence-corrected chi connectivity index (χ1v) is 5.06. The Kier molecular flexibility index (Phi) is 1.92. The zero-order chi connectivity index (χ0) is 10.6. The second-order valence-electron chi connectivity index (χ2n) is 4.94. The molecule has 2 fully saturated rings. The summed E-state index contributed by atoms with van der Waals surface area (Å²) in [6.45, 7) is 4.50. The molecule has 1 heterocycles. The standard InChI is InChI=1S/C10H17NO3/c1-9(2)7-6(4-3-5-14-7)10(9,11)8(12)13/h6-7H,3-5,11H2,1-2H3,(H,12,13). The maximum atomic E-state index is 11.2. The Morgan fingerprint density at radius 1 is 1.57 bits per heavy atom. The monoisotopic (exact) mass is 199 g/mol. The topological polar surface area (TPSA) is 72.5 Å². The van der Waals surface area contributed by atoms with Gasteiger partial charge in [-0.2, -0.15) is 0 Å². The molecule has 14 heavy (non-hydrogen) atoms. The highest BCUT2D eigenvalue weighted by atomic mass is 16.5. The van der Waals surface area contributed by atoms with E-state index in [2.05, 4.69) is 0 Å². The number of hydrogen-bond donors (Lipinski definition) is 2. The van der Waals surface area contributed by atoms with Crippen molar-refractivity contribution in [2.75, 3.05) is 6.61 Å². The van der Waals surface area contributed by atoms with Crippen molar-refractivity contribution in [2.45, 2.75) is 38.3 Å². The van der Waals surface area contributed by atoms with Gasteiger partial charge >= 0.3 is 5.97 Å². The second kappa shape index (κ2) is 2.70. The van der Waals surface area contributed by atoms with Crippen LogP contribution in [0.5, 0.6) is 0 Å². The van der Waals surface area contributed by atoms with Gasteiger partial charge in [0, 0.05) is 17.9 Å². The van der Waals surface area contributed by atoms with Gasteiger partial charge < -0.3 is 15.6 Å². The molecule has 3 atom stereocenters. The van der Waals surface area contributed by atoms with Crippen molar-refractivity contribution >= 4 is 5.97 Å². The Labute approximate surface area is 83.4 Å². The van der Waals surface area contributed by atoms with Gasteiger partial charge in [0.1, 0.15) is 5.54 Å². The molecule has 4 heteroatoms. The van der Waals surface area contributed by atoms with Crippen molar-refractivity contribution in [3.05, 3.63) is 0 Å². The van der Waals surface area contributed by atoms with Gasteiger partial charge in [0.2, 0.25) is 0 Å². The number of ether oxygens (including phenoxy) is 1. The minimum Gasteiger partial charge on any atom is -0.480 e. The number of nitrogens with two attached hydrogens (primary N) is 1. The summed E-state index contributed by atoms with van der Waals surface area (Å²) in [5.74, 6) is -0.905. The van der Waals surface area contributed by atoms with Crippen LogP contribution in [0.25, 0.3) is 0 Å². The Morgan fingerprint density at radius 2 is 2.21 bits per heavy atom. The van der Waals surface area contributed by atoms with Crippen LogP contribution in [0, 0.1) is 11.3 Å². The van der Waals surface area contributed by atoms with Gasteiger partial charge in [0.15, 0.2) is 0 Å². The molecule has 1 aliphatic heterocycles. The highest BCUT2D eigenvalue weighted by molar-refractivity contribution is 5.82. The normalized spacial score (nSPS) is 45.1. The van der Waals surface area contributed by atoms with Crippen LogP contribution < -0.4 is 5.73 Å². The SMILES string of the molecule is CC1(C)C2OCCCC2C1(N)C(=O)O. The lowest BCUT2D eigenvalue weighted by molar-refractivity contribution is -0.233. The third-order valence-electron chi connectivity index (χ3n) is 4.04. The molecule has 0 radical (unpaired) electrons. The molecule has 0 amide bonds. The van der Waals surface area contributed by atoms with Gasteiger partial charge in [0.05, 0.1) is 6.10 Å². The van der Waals surface area contributed by atoms with Crippen LogP contribution >= 0.6 is 0 Å². The predicted molar refractivity (Wildman–Crippen MR) is 50.8 cm³/mol. The molecule has 3 unspecified atom stereocenters. The molecule has 0 aromatic heterocycles. The van der Waals surface area contributed by atoms with Crippen molar-refractivity contribution in [1.29, 1.82) is 0 Å². The molecule has 0 aromatic carbocycles. The average Bonchev–Trinajstić information content (AvgIpc) is 2.16. The molecule has 0 bridgehead atoms. The third kappa shape index (κ3) is 0.880. The van der Waals surface area contributed by atoms with E-state index >= 15 is 0 Å². The van der Waals surface area contributed by atoms with Crippen LogP contribution in [0.3, 0.4) is 0 Å². The third-order valence-corrected chi connectivity index (χ3v) is 4.04. The molecule has 1 saturated heterocycles. The molecule has 2 aliphatic rings. The van der Waals surface area contributed by atoms with Crippen LogP contribution in [0.4, 0.5) is 0 Å². The maximum Gasteiger partial charge on any atom is 0.324 e. The van der Waals surface area contributed by atoms with Gasteiger partial charge in [-0.1, -0.05) is 13.8 Å². The van der Waals surface area contributed by atoms with Crippen LogP contribution in [0.15, 0.2) is 0 Å². The summed E-state index contributed by atoms with van der Waals surface area (Å²) in [6, 6.07) is 0. The number of fused-ring (bicyclic) bond motifs is 1. The Balaban J connectivity index is 2.30. The van der Waals surface area contributed by atoms with E-state index in [1.807, 2.05) is 13.8 Å². The fourth-order valence-electron chi connectivity index (χ4n) is 3.01. The predicted octanol–water partition coefficient (Wildman–Crippen LogP) is 0.603. The highest BCUT2D eigenvalue weighted by Gasteiger charge is 2.70. The smallest absolute Gasteiger partial charge is 0.324 e. The van der Waals surface area contributed by atoms with Crippen molar-refractivity contribution in [1.82, 2.24) is 0 Å². The lowest BCUT2D eigenvalue weighted by atomic mass is 9.46. The van der Waals surface area contributed by atoms with Gasteiger partial charge in [-0.25, -0.2) is 0 Å². The van der Waals surface area contributed by atoms with E-state index in [1.165, 1.54) is 0 Å². The second-order valence-corrected chi connectivity index (χ2v) is 4.94. The zero-order valence-corrected chi connectivity index (χ0v) is 8.62. The van der Waals surface area contributed by atoms with Crippen molar-refractivity contribution in [3.8, 4) is 0 Å². The highest BCUT2D eigenvalue weighted by Crippen LogP contribution is 2.57. The fourth-order valence-corrected chi connectivity index (χ4v) is 3.01. The molecule has 3 N–H and O–H groups in total. The molecule has 0 aromatic rings. The molecule has 2 rings (SSSR count). The van der Waals surface area contributed by atoms with E-state index in [-0.39, 0.29) is 12.0 Å².